The molecule has 5 heteroatoms. The number of Topliss-reactive ketones (excluding diaryl/α,β-unsaturated/α-hetero) is 1. The van der Waals surface area contributed by atoms with Gasteiger partial charge in [-0.15, -0.1) is 0 Å². The Kier molecular flexibility index (Phi) is 3.54. The Morgan fingerprint density at radius 2 is 1.72 bits per heavy atom. The van der Waals surface area contributed by atoms with E-state index >= 15 is 0 Å². The van der Waals surface area contributed by atoms with Crippen LogP contribution in [-0.4, -0.2) is 21.4 Å². The molecule has 1 unspecified atom stereocenters. The number of rotatable bonds is 1. The summed E-state index contributed by atoms with van der Waals surface area (Å²) in [5.74, 6) is 1.14. The van der Waals surface area contributed by atoms with Crippen LogP contribution >= 0.6 is 0 Å². The summed E-state index contributed by atoms with van der Waals surface area (Å²) in [5.41, 5.74) is -0.131. The van der Waals surface area contributed by atoms with Gasteiger partial charge in [-0.1, -0.05) is 13.8 Å². The van der Waals surface area contributed by atoms with E-state index in [4.69, 9.17) is 0 Å². The molecular formula is C20H29NO4. The number of ketones is 1. The van der Waals surface area contributed by atoms with Crippen LogP contribution in [0.5, 0.6) is 0 Å². The van der Waals surface area contributed by atoms with Crippen LogP contribution in [0.15, 0.2) is 11.3 Å². The van der Waals surface area contributed by atoms with Gasteiger partial charge in [0.25, 0.3) is 0 Å². The van der Waals surface area contributed by atoms with Gasteiger partial charge >= 0.3 is 5.70 Å². The molecule has 0 saturated heterocycles. The van der Waals surface area contributed by atoms with E-state index in [1.807, 2.05) is 6.92 Å². The van der Waals surface area contributed by atoms with Gasteiger partial charge in [-0.05, 0) is 80.5 Å². The van der Waals surface area contributed by atoms with Gasteiger partial charge in [-0.2, -0.15) is 0 Å². The van der Waals surface area contributed by atoms with Crippen LogP contribution in [0, 0.1) is 38.7 Å². The normalized spacial score (nSPS) is 49.4. The van der Waals surface area contributed by atoms with E-state index in [9.17, 15) is 20.0 Å². The molecule has 5 nitrogen and oxygen atoms in total. The van der Waals surface area contributed by atoms with Crippen molar-refractivity contribution in [2.45, 2.75) is 77.7 Å². The molecule has 0 bridgehead atoms. The molecule has 0 radical (unpaired) electrons. The number of nitro groups is 1. The monoisotopic (exact) mass is 347 g/mol. The van der Waals surface area contributed by atoms with Gasteiger partial charge in [0, 0.05) is 12.0 Å². The van der Waals surface area contributed by atoms with E-state index in [0.717, 1.165) is 44.1 Å². The number of hydrogen-bond acceptors (Lipinski definition) is 4. The Balaban J connectivity index is 1.75. The minimum Gasteiger partial charge on any atom is -0.390 e. The summed E-state index contributed by atoms with van der Waals surface area (Å²) in [7, 11) is 0. The molecule has 4 aliphatic rings. The fourth-order valence-corrected chi connectivity index (χ4v) is 7.14. The maximum absolute atomic E-state index is 12.2. The van der Waals surface area contributed by atoms with Crippen LogP contribution in [0.1, 0.15) is 72.1 Å². The maximum Gasteiger partial charge on any atom is 0.311 e. The summed E-state index contributed by atoms with van der Waals surface area (Å²) in [5, 5.41) is 22.5. The van der Waals surface area contributed by atoms with Crippen LogP contribution in [0.4, 0.5) is 0 Å². The first-order chi connectivity index (χ1) is 11.6. The summed E-state index contributed by atoms with van der Waals surface area (Å²) in [6, 6.07) is 0. The number of fused-ring (bicyclic) bond motifs is 5. The highest BCUT2D eigenvalue weighted by Gasteiger charge is 2.63. The number of aliphatic hydroxyl groups is 1. The van der Waals surface area contributed by atoms with Gasteiger partial charge in [0.15, 0.2) is 0 Å². The van der Waals surface area contributed by atoms with Crippen molar-refractivity contribution in [2.24, 2.45) is 28.6 Å². The third-order valence-electron chi connectivity index (χ3n) is 8.84. The van der Waals surface area contributed by atoms with Gasteiger partial charge in [0.05, 0.1) is 10.5 Å². The van der Waals surface area contributed by atoms with Crippen molar-refractivity contribution < 1.29 is 14.8 Å². The van der Waals surface area contributed by atoms with E-state index < -0.39 is 10.5 Å². The van der Waals surface area contributed by atoms with Gasteiger partial charge in [0.2, 0.25) is 5.78 Å². The Morgan fingerprint density at radius 1 is 1.04 bits per heavy atom. The lowest BCUT2D eigenvalue weighted by Crippen LogP contribution is -2.54. The van der Waals surface area contributed by atoms with Gasteiger partial charge in [-0.25, -0.2) is 0 Å². The SMILES string of the molecule is CC1(O)CC[C@H]2[C@@H]3CCC4=C([N+](=O)[O-])C(=O)CC[C@]4(C)[C@@H]3CC[C@@]21C. The molecule has 0 amide bonds. The van der Waals surface area contributed by atoms with Crippen molar-refractivity contribution in [3.05, 3.63) is 21.4 Å². The first kappa shape index (κ1) is 17.2. The molecule has 0 heterocycles. The van der Waals surface area contributed by atoms with Crippen molar-refractivity contribution >= 4 is 5.78 Å². The smallest absolute Gasteiger partial charge is 0.311 e. The molecule has 4 rings (SSSR count). The quantitative estimate of drug-likeness (QED) is 0.577. The van der Waals surface area contributed by atoms with Crippen LogP contribution in [-0.2, 0) is 4.79 Å². The summed E-state index contributed by atoms with van der Waals surface area (Å²) in [6.45, 7) is 6.42. The fraction of sp³-hybridized carbons (Fsp3) is 0.850. The first-order valence-corrected chi connectivity index (χ1v) is 9.75. The Labute approximate surface area is 149 Å². The second-order valence-corrected chi connectivity index (χ2v) is 9.61. The minimum absolute atomic E-state index is 0.0395. The number of nitrogens with zero attached hydrogens (tertiary/aromatic N) is 1. The maximum atomic E-state index is 12.2. The first-order valence-electron chi connectivity index (χ1n) is 9.75. The fourth-order valence-electron chi connectivity index (χ4n) is 7.14. The predicted molar refractivity (Wildman–Crippen MR) is 93.3 cm³/mol. The Hall–Kier alpha value is -1.23. The highest BCUT2D eigenvalue weighted by molar-refractivity contribution is 5.95. The molecule has 0 spiro atoms. The zero-order valence-electron chi connectivity index (χ0n) is 15.5. The molecule has 0 aromatic rings. The van der Waals surface area contributed by atoms with Crippen molar-refractivity contribution in [2.75, 3.05) is 0 Å². The van der Waals surface area contributed by atoms with Crippen LogP contribution < -0.4 is 0 Å². The van der Waals surface area contributed by atoms with Gasteiger partial charge < -0.3 is 5.11 Å². The van der Waals surface area contributed by atoms with E-state index in [1.54, 1.807) is 0 Å². The third kappa shape index (κ3) is 2.08. The molecule has 6 atom stereocenters. The minimum atomic E-state index is -0.603. The Bertz CT molecular complexity index is 681. The largest absolute Gasteiger partial charge is 0.390 e. The lowest BCUT2D eigenvalue weighted by molar-refractivity contribution is -0.422. The topological polar surface area (TPSA) is 80.4 Å². The molecule has 1 N–H and O–H groups in total. The van der Waals surface area contributed by atoms with E-state index in [-0.39, 0.29) is 22.3 Å². The van der Waals surface area contributed by atoms with Crippen LogP contribution in [0.25, 0.3) is 0 Å². The lowest BCUT2D eigenvalue weighted by atomic mass is 9.46. The summed E-state index contributed by atoms with van der Waals surface area (Å²) in [4.78, 5) is 23.3. The molecule has 25 heavy (non-hydrogen) atoms. The number of carbonyl (C=O) groups excluding carboxylic acids is 1. The average Bonchev–Trinajstić information content (AvgIpc) is 2.77. The van der Waals surface area contributed by atoms with Gasteiger partial charge in [0.1, 0.15) is 0 Å². The second-order valence-electron chi connectivity index (χ2n) is 9.61. The van der Waals surface area contributed by atoms with Crippen molar-refractivity contribution in [3.63, 3.8) is 0 Å². The van der Waals surface area contributed by atoms with Crippen molar-refractivity contribution in [1.82, 2.24) is 0 Å². The Morgan fingerprint density at radius 3 is 2.40 bits per heavy atom. The molecule has 0 aromatic carbocycles. The molecule has 0 aromatic heterocycles. The highest BCUT2D eigenvalue weighted by atomic mass is 16.6. The lowest BCUT2D eigenvalue weighted by Gasteiger charge is -2.58. The predicted octanol–water partition coefficient (Wildman–Crippen LogP) is 3.87. The molecule has 3 saturated carbocycles. The third-order valence-corrected chi connectivity index (χ3v) is 8.84. The van der Waals surface area contributed by atoms with E-state index in [1.165, 1.54) is 0 Å². The molecule has 4 aliphatic carbocycles. The average molecular weight is 347 g/mol. The summed E-state index contributed by atoms with van der Waals surface area (Å²) >= 11 is 0. The molecule has 138 valence electrons. The van der Waals surface area contributed by atoms with Crippen molar-refractivity contribution in [3.8, 4) is 0 Å². The molecular weight excluding hydrogens is 318 g/mol. The molecule has 3 fully saturated rings. The van der Waals surface area contributed by atoms with Crippen LogP contribution in [0.3, 0.4) is 0 Å². The van der Waals surface area contributed by atoms with E-state index in [0.29, 0.717) is 30.6 Å². The van der Waals surface area contributed by atoms with Gasteiger partial charge in [-0.3, -0.25) is 14.9 Å². The highest BCUT2D eigenvalue weighted by Crippen LogP contribution is 2.67. The standard InChI is InChI=1S/C20H29NO4/c1-18-9-8-16(22)17(21(24)25)15(18)5-4-12-13(18)6-10-19(2)14(12)7-11-20(19,3)23/h12-14,23H,4-11H2,1-3H3/t12-,13-,14+,18-,19+,20?/m1/s1. The number of allylic oxidation sites excluding steroid dienone is 1. The van der Waals surface area contributed by atoms with Crippen molar-refractivity contribution in [1.29, 1.82) is 0 Å². The molecule has 0 aliphatic heterocycles. The summed E-state index contributed by atoms with van der Waals surface area (Å²) in [6.07, 6.45) is 6.56. The zero-order valence-corrected chi connectivity index (χ0v) is 15.5. The second kappa shape index (κ2) is 5.15. The zero-order chi connectivity index (χ0) is 18.2. The summed E-state index contributed by atoms with van der Waals surface area (Å²) < 4.78 is 0. The number of hydrogen-bond donors (Lipinski definition) is 1. The number of carbonyl (C=O) groups is 1. The van der Waals surface area contributed by atoms with E-state index in [2.05, 4.69) is 13.8 Å². The van der Waals surface area contributed by atoms with Crippen LogP contribution in [0.2, 0.25) is 0 Å².